The van der Waals surface area contributed by atoms with Crippen molar-refractivity contribution >= 4 is 11.6 Å². The maximum Gasteiger partial charge on any atom is 0.233 e. The fraction of sp³-hybridized carbons (Fsp3) is 0.387. The number of rotatable bonds is 9. The first-order chi connectivity index (χ1) is 19.3. The van der Waals surface area contributed by atoms with Crippen molar-refractivity contribution in [2.24, 2.45) is 5.92 Å². The molecule has 0 spiro atoms. The number of aliphatic hydroxyl groups is 5. The molecule has 3 aromatic carbocycles. The predicted molar refractivity (Wildman–Crippen MR) is 145 cm³/mol. The Morgan fingerprint density at radius 3 is 2.15 bits per heavy atom. The zero-order valence-electron chi connectivity index (χ0n) is 21.8. The molecule has 9 heteroatoms. The van der Waals surface area contributed by atoms with E-state index in [-0.39, 0.29) is 30.1 Å². The zero-order chi connectivity index (χ0) is 28.4. The minimum Gasteiger partial charge on any atom is -0.394 e. The van der Waals surface area contributed by atoms with Crippen LogP contribution in [-0.2, 0) is 16.0 Å². The number of carbonyl (C=O) groups excluding carboxylic acids is 1. The lowest BCUT2D eigenvalue weighted by Crippen LogP contribution is -2.59. The average molecular weight is 552 g/mol. The molecular formula is C31H34FNO7. The van der Waals surface area contributed by atoms with Crippen molar-refractivity contribution in [3.63, 3.8) is 0 Å². The number of aliphatic hydroxyl groups excluding tert-OH is 5. The molecule has 2 heterocycles. The maximum absolute atomic E-state index is 13.3. The van der Waals surface area contributed by atoms with Crippen molar-refractivity contribution in [1.29, 1.82) is 0 Å². The van der Waals surface area contributed by atoms with Crippen LogP contribution in [0.5, 0.6) is 0 Å². The molecule has 2 saturated heterocycles. The quantitative estimate of drug-likeness (QED) is 0.258. The van der Waals surface area contributed by atoms with E-state index >= 15 is 0 Å². The minimum atomic E-state index is -1.43. The molecule has 5 rings (SSSR count). The topological polar surface area (TPSA) is 131 Å². The van der Waals surface area contributed by atoms with Gasteiger partial charge in [0.25, 0.3) is 0 Å². The number of benzene rings is 3. The highest BCUT2D eigenvalue weighted by Crippen LogP contribution is 2.46. The fourth-order valence-corrected chi connectivity index (χ4v) is 5.71. The first kappa shape index (κ1) is 28.4. The highest BCUT2D eigenvalue weighted by molar-refractivity contribution is 6.03. The molecule has 1 amide bonds. The number of carbonyl (C=O) groups is 1. The van der Waals surface area contributed by atoms with Gasteiger partial charge in [-0.1, -0.05) is 54.6 Å². The van der Waals surface area contributed by atoms with E-state index < -0.39 is 43.2 Å². The standard InChI is InChI=1S/C31H34FNO7/c32-21-12-10-19(11-13-21)24(35)15-14-23-27(33(31(23)39)22-4-2-1-3-5-22)20-8-6-18(7-9-20)16-25-28(36)30(38)29(37)26(17-34)40-25/h1-13,23-30,34-38H,14-17H2. The number of hydrogen-bond acceptors (Lipinski definition) is 7. The third-order valence-corrected chi connectivity index (χ3v) is 8.00. The van der Waals surface area contributed by atoms with Crippen LogP contribution in [0.1, 0.15) is 41.7 Å². The van der Waals surface area contributed by atoms with Gasteiger partial charge in [-0.15, -0.1) is 0 Å². The van der Waals surface area contributed by atoms with Gasteiger partial charge in [-0.25, -0.2) is 4.39 Å². The summed E-state index contributed by atoms with van der Waals surface area (Å²) in [5, 5.41) is 50.7. The van der Waals surface area contributed by atoms with Gasteiger partial charge < -0.3 is 35.2 Å². The lowest BCUT2D eigenvalue weighted by atomic mass is 9.78. The molecule has 2 fully saturated rings. The van der Waals surface area contributed by atoms with Crippen molar-refractivity contribution in [3.05, 3.63) is 101 Å². The van der Waals surface area contributed by atoms with Crippen LogP contribution < -0.4 is 4.90 Å². The molecule has 212 valence electrons. The Kier molecular flexibility index (Phi) is 8.60. The molecule has 8 atom stereocenters. The van der Waals surface area contributed by atoms with E-state index in [1.165, 1.54) is 12.1 Å². The van der Waals surface area contributed by atoms with Gasteiger partial charge in [0.05, 0.1) is 30.8 Å². The Balaban J connectivity index is 1.32. The second-order valence-electron chi connectivity index (χ2n) is 10.6. The molecule has 8 unspecified atom stereocenters. The van der Waals surface area contributed by atoms with Gasteiger partial charge in [0.15, 0.2) is 0 Å². The van der Waals surface area contributed by atoms with Crippen molar-refractivity contribution in [1.82, 2.24) is 0 Å². The van der Waals surface area contributed by atoms with Crippen LogP contribution in [0.15, 0.2) is 78.9 Å². The Morgan fingerprint density at radius 2 is 1.50 bits per heavy atom. The number of anilines is 1. The van der Waals surface area contributed by atoms with Crippen LogP contribution in [0.2, 0.25) is 0 Å². The third kappa shape index (κ3) is 5.67. The highest BCUT2D eigenvalue weighted by atomic mass is 19.1. The van der Waals surface area contributed by atoms with Crippen molar-refractivity contribution < 1.29 is 39.5 Å². The maximum atomic E-state index is 13.3. The molecule has 0 aromatic heterocycles. The second kappa shape index (κ2) is 12.1. The van der Waals surface area contributed by atoms with Crippen LogP contribution in [0.3, 0.4) is 0 Å². The number of para-hydroxylation sites is 1. The van der Waals surface area contributed by atoms with Crippen LogP contribution in [-0.4, -0.2) is 68.6 Å². The number of hydrogen-bond donors (Lipinski definition) is 5. The average Bonchev–Trinajstić information content (AvgIpc) is 2.97. The molecule has 0 radical (unpaired) electrons. The lowest BCUT2D eigenvalue weighted by Gasteiger charge is -2.48. The van der Waals surface area contributed by atoms with Gasteiger partial charge in [0.1, 0.15) is 30.2 Å². The Labute approximate surface area is 231 Å². The van der Waals surface area contributed by atoms with Gasteiger partial charge >= 0.3 is 0 Å². The first-order valence-corrected chi connectivity index (χ1v) is 13.5. The lowest BCUT2D eigenvalue weighted by molar-refractivity contribution is -0.228. The summed E-state index contributed by atoms with van der Waals surface area (Å²) in [5.74, 6) is -0.766. The van der Waals surface area contributed by atoms with Gasteiger partial charge in [-0.2, -0.15) is 0 Å². The Hall–Kier alpha value is -3.18. The Bertz CT molecular complexity index is 1270. The van der Waals surface area contributed by atoms with Crippen LogP contribution in [0, 0.1) is 11.7 Å². The monoisotopic (exact) mass is 551 g/mol. The molecule has 0 bridgehead atoms. The molecule has 40 heavy (non-hydrogen) atoms. The third-order valence-electron chi connectivity index (χ3n) is 8.00. The number of nitrogens with zero attached hydrogens (tertiary/aromatic N) is 1. The summed E-state index contributed by atoms with van der Waals surface area (Å²) in [6, 6.07) is 22.4. The molecule has 8 nitrogen and oxygen atoms in total. The van der Waals surface area contributed by atoms with E-state index in [2.05, 4.69) is 0 Å². The normalized spacial score (nSPS) is 29.2. The van der Waals surface area contributed by atoms with E-state index in [1.807, 2.05) is 54.6 Å². The zero-order valence-corrected chi connectivity index (χ0v) is 21.8. The molecule has 5 N–H and O–H groups in total. The fourth-order valence-electron chi connectivity index (χ4n) is 5.71. The van der Waals surface area contributed by atoms with E-state index in [1.54, 1.807) is 17.0 Å². The van der Waals surface area contributed by atoms with Crippen LogP contribution in [0.4, 0.5) is 10.1 Å². The SMILES string of the molecule is O=C1C(CCC(O)c2ccc(F)cc2)C(c2ccc(CC3OC(CO)C(O)C(O)C3O)cc2)N1c1ccccc1. The van der Waals surface area contributed by atoms with E-state index in [9.17, 15) is 34.7 Å². The van der Waals surface area contributed by atoms with Gasteiger partial charge in [0.2, 0.25) is 5.91 Å². The largest absolute Gasteiger partial charge is 0.394 e. The van der Waals surface area contributed by atoms with E-state index in [0.29, 0.717) is 18.4 Å². The van der Waals surface area contributed by atoms with Gasteiger partial charge in [0, 0.05) is 12.1 Å². The highest BCUT2D eigenvalue weighted by Gasteiger charge is 2.48. The van der Waals surface area contributed by atoms with Crippen LogP contribution >= 0.6 is 0 Å². The molecule has 2 aliphatic heterocycles. The summed E-state index contributed by atoms with van der Waals surface area (Å²) in [6.45, 7) is -0.483. The van der Waals surface area contributed by atoms with Gasteiger partial charge in [-0.05, 0) is 53.8 Å². The van der Waals surface area contributed by atoms with Crippen molar-refractivity contribution in [3.8, 4) is 0 Å². The summed E-state index contributed by atoms with van der Waals surface area (Å²) in [6.07, 6.45) is -5.70. The first-order valence-electron chi connectivity index (χ1n) is 13.5. The summed E-state index contributed by atoms with van der Waals surface area (Å²) >= 11 is 0. The summed E-state index contributed by atoms with van der Waals surface area (Å²) in [5.41, 5.74) is 3.09. The minimum absolute atomic E-state index is 0.0344. The predicted octanol–water partition coefficient (Wildman–Crippen LogP) is 2.43. The smallest absolute Gasteiger partial charge is 0.233 e. The van der Waals surface area contributed by atoms with E-state index in [0.717, 1.165) is 16.8 Å². The van der Waals surface area contributed by atoms with E-state index in [4.69, 9.17) is 4.74 Å². The summed E-state index contributed by atoms with van der Waals surface area (Å²) < 4.78 is 18.9. The molecule has 0 saturated carbocycles. The number of ether oxygens (including phenoxy) is 1. The molecule has 2 aliphatic rings. The number of β-lactam (4-membered cyclic amide) rings is 1. The molecule has 3 aromatic rings. The summed E-state index contributed by atoms with van der Waals surface area (Å²) in [4.78, 5) is 15.1. The van der Waals surface area contributed by atoms with Crippen molar-refractivity contribution in [2.45, 2.75) is 61.9 Å². The number of amides is 1. The summed E-state index contributed by atoms with van der Waals surface area (Å²) in [7, 11) is 0. The van der Waals surface area contributed by atoms with Crippen LogP contribution in [0.25, 0.3) is 0 Å². The Morgan fingerprint density at radius 1 is 0.850 bits per heavy atom. The number of halogens is 1. The molecular weight excluding hydrogens is 517 g/mol. The second-order valence-corrected chi connectivity index (χ2v) is 10.6. The van der Waals surface area contributed by atoms with Gasteiger partial charge in [-0.3, -0.25) is 4.79 Å². The molecule has 0 aliphatic carbocycles. The van der Waals surface area contributed by atoms with Crippen molar-refractivity contribution in [2.75, 3.05) is 11.5 Å².